The van der Waals surface area contributed by atoms with Crippen LogP contribution in [0.4, 0.5) is 0 Å². The van der Waals surface area contributed by atoms with Gasteiger partial charge in [-0.25, -0.2) is 0 Å². The molecule has 2 aromatic carbocycles. The molecule has 30 heavy (non-hydrogen) atoms. The first-order valence-electron chi connectivity index (χ1n) is 10.4. The van der Waals surface area contributed by atoms with Gasteiger partial charge in [-0.15, -0.1) is 0 Å². The van der Waals surface area contributed by atoms with Crippen molar-refractivity contribution in [3.63, 3.8) is 0 Å². The predicted octanol–water partition coefficient (Wildman–Crippen LogP) is 5.39. The third-order valence-corrected chi connectivity index (χ3v) is 7.48. The third kappa shape index (κ3) is 5.52. The Hall–Kier alpha value is -2.11. The van der Waals surface area contributed by atoms with Crippen molar-refractivity contribution in [2.24, 2.45) is 5.41 Å². The summed E-state index contributed by atoms with van der Waals surface area (Å²) >= 11 is 1.80. The van der Waals surface area contributed by atoms with Crippen LogP contribution in [0.15, 0.2) is 48.5 Å². The summed E-state index contributed by atoms with van der Waals surface area (Å²) in [5, 5.41) is 19.9. The molecule has 1 aliphatic carbocycles. The normalized spacial score (nSPS) is 16.1. The van der Waals surface area contributed by atoms with Gasteiger partial charge in [-0.3, -0.25) is 9.59 Å². The molecule has 1 aliphatic rings. The Kier molecular flexibility index (Phi) is 7.04. The van der Waals surface area contributed by atoms with E-state index in [4.69, 9.17) is 0 Å². The Balaban J connectivity index is 1.71. The first-order valence-corrected chi connectivity index (χ1v) is 11.5. The van der Waals surface area contributed by atoms with Crippen LogP contribution in [0.3, 0.4) is 0 Å². The molecule has 4 nitrogen and oxygen atoms in total. The minimum atomic E-state index is -0.874. The summed E-state index contributed by atoms with van der Waals surface area (Å²) in [5.41, 5.74) is 2.68. The molecule has 160 valence electrons. The van der Waals surface area contributed by atoms with Gasteiger partial charge in [-0.1, -0.05) is 42.5 Å². The summed E-state index contributed by atoms with van der Waals surface area (Å²) in [7, 11) is 0. The maximum Gasteiger partial charge on any atom is 0.303 e. The molecular formula is C25H30O4S. The van der Waals surface area contributed by atoms with Gasteiger partial charge in [0.25, 0.3) is 0 Å². The predicted molar refractivity (Wildman–Crippen MR) is 121 cm³/mol. The lowest BCUT2D eigenvalue weighted by Crippen LogP contribution is -2.18. The molecule has 0 unspecified atom stereocenters. The average molecular weight is 427 g/mol. The van der Waals surface area contributed by atoms with Gasteiger partial charge in [0.05, 0.1) is 12.0 Å². The van der Waals surface area contributed by atoms with Crippen LogP contribution < -0.4 is 0 Å². The first-order chi connectivity index (χ1) is 14.2. The number of carboxylic acid groups (broad SMARTS) is 1. The van der Waals surface area contributed by atoms with E-state index in [0.29, 0.717) is 5.56 Å². The van der Waals surface area contributed by atoms with Crippen LogP contribution >= 0.6 is 11.8 Å². The highest BCUT2D eigenvalue weighted by atomic mass is 32.2. The van der Waals surface area contributed by atoms with Crippen molar-refractivity contribution >= 4 is 24.0 Å². The molecule has 1 saturated carbocycles. The molecule has 1 fully saturated rings. The summed E-state index contributed by atoms with van der Waals surface area (Å²) in [6, 6.07) is 15.6. The van der Waals surface area contributed by atoms with Gasteiger partial charge < -0.3 is 10.2 Å². The van der Waals surface area contributed by atoms with E-state index in [2.05, 4.69) is 6.07 Å². The van der Waals surface area contributed by atoms with Crippen LogP contribution in [-0.2, 0) is 16.8 Å². The van der Waals surface area contributed by atoms with Crippen molar-refractivity contribution in [3.8, 4) is 0 Å². The van der Waals surface area contributed by atoms with E-state index >= 15 is 0 Å². The molecule has 1 atom stereocenters. The van der Waals surface area contributed by atoms with Crippen molar-refractivity contribution in [3.05, 3.63) is 70.8 Å². The zero-order valence-corrected chi connectivity index (χ0v) is 18.5. The summed E-state index contributed by atoms with van der Waals surface area (Å²) in [6.07, 6.45) is 4.62. The highest BCUT2D eigenvalue weighted by molar-refractivity contribution is 7.99. The van der Waals surface area contributed by atoms with Crippen LogP contribution in [0, 0.1) is 5.41 Å². The number of carbonyl (C=O) groups is 2. The molecule has 3 rings (SSSR count). The van der Waals surface area contributed by atoms with Crippen LogP contribution in [0.5, 0.6) is 0 Å². The largest absolute Gasteiger partial charge is 0.481 e. The molecule has 0 aromatic heterocycles. The van der Waals surface area contributed by atoms with Crippen molar-refractivity contribution in [1.82, 2.24) is 0 Å². The first kappa shape index (κ1) is 22.6. The van der Waals surface area contributed by atoms with E-state index in [9.17, 15) is 19.8 Å². The van der Waals surface area contributed by atoms with Gasteiger partial charge in [-0.05, 0) is 73.5 Å². The zero-order valence-electron chi connectivity index (χ0n) is 17.6. The molecule has 2 aromatic rings. The van der Waals surface area contributed by atoms with E-state index in [1.165, 1.54) is 0 Å². The summed E-state index contributed by atoms with van der Waals surface area (Å²) < 4.78 is 0. The lowest BCUT2D eigenvalue weighted by molar-refractivity contribution is -0.138. The minimum absolute atomic E-state index is 0.0676. The van der Waals surface area contributed by atoms with Gasteiger partial charge in [0, 0.05) is 10.8 Å². The Morgan fingerprint density at radius 1 is 1.20 bits per heavy atom. The van der Waals surface area contributed by atoms with Crippen molar-refractivity contribution in [2.75, 3.05) is 5.75 Å². The van der Waals surface area contributed by atoms with Crippen LogP contribution in [0.25, 0.3) is 0 Å². The second-order valence-corrected chi connectivity index (χ2v) is 10.0. The Morgan fingerprint density at radius 3 is 2.57 bits per heavy atom. The number of hydrogen-bond donors (Lipinski definition) is 2. The molecule has 2 N–H and O–H groups in total. The van der Waals surface area contributed by atoms with Crippen LogP contribution in [-0.4, -0.2) is 28.2 Å². The second-order valence-electron chi connectivity index (χ2n) is 8.79. The molecule has 0 radical (unpaired) electrons. The van der Waals surface area contributed by atoms with Crippen molar-refractivity contribution in [2.45, 2.75) is 56.8 Å². The summed E-state index contributed by atoms with van der Waals surface area (Å²) in [6.45, 7) is 3.61. The van der Waals surface area contributed by atoms with Gasteiger partial charge >= 0.3 is 5.97 Å². The summed E-state index contributed by atoms with van der Waals surface area (Å²) in [5.74, 6) is 0.126. The Morgan fingerprint density at radius 2 is 1.93 bits per heavy atom. The number of aldehydes is 1. The molecule has 0 saturated heterocycles. The Labute approximate surface area is 182 Å². The highest BCUT2D eigenvalue weighted by Crippen LogP contribution is 2.62. The lowest BCUT2D eigenvalue weighted by atomic mass is 9.91. The van der Waals surface area contributed by atoms with Gasteiger partial charge in [-0.2, -0.15) is 11.8 Å². The van der Waals surface area contributed by atoms with Gasteiger partial charge in [0.1, 0.15) is 6.29 Å². The molecule has 0 amide bonds. The molecule has 0 spiro atoms. The molecule has 0 heterocycles. The number of hydrogen-bond acceptors (Lipinski definition) is 4. The molecule has 0 bridgehead atoms. The topological polar surface area (TPSA) is 74.6 Å². The fraction of sp³-hybridized carbons (Fsp3) is 0.440. The van der Waals surface area contributed by atoms with Crippen molar-refractivity contribution < 1.29 is 19.8 Å². The Bertz CT molecular complexity index is 896. The van der Waals surface area contributed by atoms with Crippen LogP contribution in [0.2, 0.25) is 0 Å². The average Bonchev–Trinajstić information content (AvgIpc) is 3.46. The number of rotatable bonds is 11. The summed E-state index contributed by atoms with van der Waals surface area (Å²) in [4.78, 5) is 22.7. The minimum Gasteiger partial charge on any atom is -0.481 e. The van der Waals surface area contributed by atoms with Gasteiger partial charge in [0.2, 0.25) is 0 Å². The number of aryl methyl sites for hydroxylation is 1. The number of aliphatic hydroxyl groups is 1. The second kappa shape index (κ2) is 9.36. The maximum atomic E-state index is 11.5. The monoisotopic (exact) mass is 426 g/mol. The number of aliphatic carboxylic acids is 1. The molecular weight excluding hydrogens is 396 g/mol. The fourth-order valence-corrected chi connectivity index (χ4v) is 5.77. The third-order valence-electron chi connectivity index (χ3n) is 5.85. The number of benzene rings is 2. The number of thioether (sulfide) groups is 1. The zero-order chi connectivity index (χ0) is 21.8. The quantitative estimate of drug-likeness (QED) is 0.372. The van der Waals surface area contributed by atoms with Crippen LogP contribution in [0.1, 0.15) is 71.8 Å². The van der Waals surface area contributed by atoms with E-state index in [1.54, 1.807) is 31.7 Å². The maximum absolute atomic E-state index is 11.5. The van der Waals surface area contributed by atoms with E-state index in [1.807, 2.05) is 36.4 Å². The van der Waals surface area contributed by atoms with E-state index < -0.39 is 11.6 Å². The van der Waals surface area contributed by atoms with E-state index in [-0.39, 0.29) is 17.1 Å². The number of carboxylic acids is 1. The highest BCUT2D eigenvalue weighted by Gasteiger charge is 2.51. The molecule has 5 heteroatoms. The number of carbonyl (C=O) groups excluding carboxylic acids is 1. The fourth-order valence-electron chi connectivity index (χ4n) is 4.21. The molecule has 0 aliphatic heterocycles. The van der Waals surface area contributed by atoms with E-state index in [0.717, 1.165) is 54.4 Å². The van der Waals surface area contributed by atoms with Crippen molar-refractivity contribution in [1.29, 1.82) is 0 Å². The lowest BCUT2D eigenvalue weighted by Gasteiger charge is -2.26. The smallest absolute Gasteiger partial charge is 0.303 e. The van der Waals surface area contributed by atoms with Gasteiger partial charge in [0.15, 0.2) is 0 Å². The SMILES string of the molecule is CC(C)(O)c1ccccc1CCCS[C@@H](c1cccc(C=O)c1)C1(CC(=O)O)CC1. The standard InChI is InChI=1S/C25H30O4S/c1-24(2,29)21-11-4-3-8-19(21)10-6-14-30-23(25(12-13-25)16-22(27)28)20-9-5-7-18(15-20)17-26/h3-5,7-9,11,15,17,23,29H,6,10,12-14,16H2,1-2H3,(H,27,28)/t23-/m0/s1.